The van der Waals surface area contributed by atoms with Crippen LogP contribution in [-0.4, -0.2) is 47.7 Å². The topological polar surface area (TPSA) is 105 Å². The summed E-state index contributed by atoms with van der Waals surface area (Å²) in [6.07, 6.45) is 30.0. The molecule has 0 aromatic rings. The maximum atomic E-state index is 15.4. The van der Waals surface area contributed by atoms with E-state index < -0.39 is 12.0 Å². The van der Waals surface area contributed by atoms with E-state index >= 15 is 4.79 Å². The molecule has 5 unspecified atom stereocenters. The Labute approximate surface area is 433 Å². The van der Waals surface area contributed by atoms with Crippen LogP contribution >= 0.6 is 0 Å². The van der Waals surface area contributed by atoms with Crippen LogP contribution in [0.15, 0.2) is 11.6 Å². The number of carboxylic acid groups (broad SMARTS) is 1. The molecule has 7 heteroatoms. The lowest BCUT2D eigenvalue weighted by molar-refractivity contribution is -0.243. The molecule has 19 atom stereocenters. The summed E-state index contributed by atoms with van der Waals surface area (Å²) >= 11 is 0. The summed E-state index contributed by atoms with van der Waals surface area (Å²) in [5, 5.41) is 16.2. The van der Waals surface area contributed by atoms with E-state index in [0.717, 1.165) is 87.0 Å². The van der Waals surface area contributed by atoms with Crippen LogP contribution in [0.2, 0.25) is 0 Å². The molecule has 3 N–H and O–H groups in total. The quantitative estimate of drug-likeness (QED) is 0.0858. The minimum Gasteiger partial charge on any atom is -0.480 e. The van der Waals surface area contributed by atoms with Crippen LogP contribution in [0.4, 0.5) is 0 Å². The molecule has 7 nitrogen and oxygen atoms in total. The van der Waals surface area contributed by atoms with Crippen molar-refractivity contribution in [2.45, 2.75) is 256 Å². The maximum Gasteiger partial charge on any atom is 0.326 e. The molecule has 0 aliphatic heterocycles. The number of ether oxygens (including phenoxy) is 1. The standard InChI is InChI=1S/C64H106N2O5/c1-39(2)16-14-17-41(5)47-21-22-48-46-20-19-43-38-44(25-30-59(43,9)49(46)27-31-60(47,48)10)71-57(70)64-34-26-45(40(3)4)55(64)50-23-24-53-61(11)32-29-54(65-37-15-18-51(56(68)69)66-42(6)67)58(7,8)52(61)28-33-63(53,13)62(50,12)35-36-64/h19,39-41,44-55,65H,14-18,20-38H2,1-13H3,(H,66,67)(H,68,69)/t41-,44+,45?,46+,47-,48+,49+,50-,51?,52?,53-,54?,55?,59+,60-,61+,62-,63-,64+/m1/s1. The van der Waals surface area contributed by atoms with E-state index in [0.29, 0.717) is 53.4 Å². The normalized spacial score (nSPS) is 46.2. The third-order valence-electron chi connectivity index (χ3n) is 26.1. The first-order valence-corrected chi connectivity index (χ1v) is 30.5. The zero-order valence-corrected chi connectivity index (χ0v) is 47.8. The third kappa shape index (κ3) is 8.78. The number of carbonyl (C=O) groups is 3. The molecule has 402 valence electrons. The highest BCUT2D eigenvalue weighted by Crippen LogP contribution is 2.78. The van der Waals surface area contributed by atoms with Crippen molar-refractivity contribution in [2.24, 2.45) is 109 Å². The number of hydrogen-bond acceptors (Lipinski definition) is 5. The van der Waals surface area contributed by atoms with Gasteiger partial charge in [0.25, 0.3) is 0 Å². The lowest BCUT2D eigenvalue weighted by Crippen LogP contribution is -2.68. The lowest BCUT2D eigenvalue weighted by Gasteiger charge is -2.73. The summed E-state index contributed by atoms with van der Waals surface area (Å²) in [5.74, 6) is 7.38. The van der Waals surface area contributed by atoms with E-state index in [1.54, 1.807) is 5.57 Å². The van der Waals surface area contributed by atoms with Gasteiger partial charge in [-0.2, -0.15) is 0 Å². The minimum absolute atomic E-state index is 0.0260. The first-order valence-electron chi connectivity index (χ1n) is 30.5. The van der Waals surface area contributed by atoms with Crippen molar-refractivity contribution < 1.29 is 24.2 Å². The summed E-state index contributed by atoms with van der Waals surface area (Å²) in [6, 6.07) is -0.443. The van der Waals surface area contributed by atoms with Crippen molar-refractivity contribution in [1.82, 2.24) is 10.6 Å². The summed E-state index contributed by atoms with van der Waals surface area (Å²) in [6.45, 7) is 33.0. The van der Waals surface area contributed by atoms with Crippen LogP contribution in [-0.2, 0) is 19.1 Å². The second-order valence-corrected chi connectivity index (χ2v) is 30.0. The molecule has 0 radical (unpaired) electrons. The molecule has 0 aromatic heterocycles. The molecule has 8 saturated carbocycles. The number of aliphatic carboxylic acids is 1. The smallest absolute Gasteiger partial charge is 0.326 e. The predicted molar refractivity (Wildman–Crippen MR) is 288 cm³/mol. The van der Waals surface area contributed by atoms with Crippen LogP contribution in [0, 0.1) is 109 Å². The number of hydrogen-bond donors (Lipinski definition) is 3. The van der Waals surface area contributed by atoms with Crippen molar-refractivity contribution in [2.75, 3.05) is 6.54 Å². The van der Waals surface area contributed by atoms with E-state index in [1.165, 1.54) is 103 Å². The van der Waals surface area contributed by atoms with Crippen molar-refractivity contribution >= 4 is 17.8 Å². The van der Waals surface area contributed by atoms with Gasteiger partial charge in [-0.25, -0.2) is 4.79 Å². The van der Waals surface area contributed by atoms with Gasteiger partial charge in [0, 0.05) is 19.4 Å². The van der Waals surface area contributed by atoms with Gasteiger partial charge in [-0.1, -0.05) is 114 Å². The van der Waals surface area contributed by atoms with Gasteiger partial charge in [0.15, 0.2) is 0 Å². The van der Waals surface area contributed by atoms with E-state index in [4.69, 9.17) is 4.74 Å². The number of nitrogens with one attached hydrogen (secondary N) is 2. The molecule has 8 fully saturated rings. The van der Waals surface area contributed by atoms with E-state index in [9.17, 15) is 14.7 Å². The lowest BCUT2D eigenvalue weighted by atomic mass is 9.32. The Kier molecular flexibility index (Phi) is 14.9. The Balaban J connectivity index is 0.867. The molecular formula is C64H106N2O5. The predicted octanol–water partition coefficient (Wildman–Crippen LogP) is 15.0. The van der Waals surface area contributed by atoms with Gasteiger partial charge in [-0.3, -0.25) is 9.59 Å². The fourth-order valence-electron chi connectivity index (χ4n) is 22.2. The second-order valence-electron chi connectivity index (χ2n) is 30.0. The molecule has 9 rings (SSSR count). The Bertz CT molecular complexity index is 2010. The highest BCUT2D eigenvalue weighted by molar-refractivity contribution is 5.82. The first-order chi connectivity index (χ1) is 33.4. The van der Waals surface area contributed by atoms with Crippen LogP contribution in [0.1, 0.15) is 238 Å². The van der Waals surface area contributed by atoms with E-state index in [1.807, 2.05) is 0 Å². The Morgan fingerprint density at radius 2 is 1.44 bits per heavy atom. The van der Waals surface area contributed by atoms with Gasteiger partial charge >= 0.3 is 11.9 Å². The third-order valence-corrected chi connectivity index (χ3v) is 26.1. The number of carbonyl (C=O) groups excluding carboxylic acids is 2. The number of fused-ring (bicyclic) bond motifs is 12. The zero-order chi connectivity index (χ0) is 51.3. The van der Waals surface area contributed by atoms with Crippen molar-refractivity contribution in [3.63, 3.8) is 0 Å². The molecule has 71 heavy (non-hydrogen) atoms. The number of allylic oxidation sites excluding steroid dienone is 1. The first kappa shape index (κ1) is 53.9. The monoisotopic (exact) mass is 983 g/mol. The molecule has 0 aromatic carbocycles. The average Bonchev–Trinajstić information content (AvgIpc) is 3.87. The van der Waals surface area contributed by atoms with Crippen molar-refractivity contribution in [3.05, 3.63) is 11.6 Å². The number of amides is 1. The molecule has 0 spiro atoms. The minimum atomic E-state index is -0.957. The summed E-state index contributed by atoms with van der Waals surface area (Å²) in [5.41, 5.74) is 2.87. The van der Waals surface area contributed by atoms with Gasteiger partial charge in [0.05, 0.1) is 5.41 Å². The molecule has 0 heterocycles. The van der Waals surface area contributed by atoms with Crippen LogP contribution in [0.25, 0.3) is 0 Å². The van der Waals surface area contributed by atoms with Crippen LogP contribution in [0.5, 0.6) is 0 Å². The number of rotatable bonds is 15. The zero-order valence-electron chi connectivity index (χ0n) is 47.8. The van der Waals surface area contributed by atoms with E-state index in [2.05, 4.69) is 99.8 Å². The second kappa shape index (κ2) is 19.6. The van der Waals surface area contributed by atoms with Crippen molar-refractivity contribution in [3.8, 4) is 0 Å². The fourth-order valence-corrected chi connectivity index (χ4v) is 22.2. The average molecular weight is 984 g/mol. The number of esters is 1. The number of carboxylic acids is 1. The summed E-state index contributed by atoms with van der Waals surface area (Å²) in [4.78, 5) is 38.9. The van der Waals surface area contributed by atoms with Gasteiger partial charge in [-0.05, 0) is 232 Å². The van der Waals surface area contributed by atoms with Gasteiger partial charge in [0.2, 0.25) is 5.91 Å². The highest BCUT2D eigenvalue weighted by atomic mass is 16.5. The Hall–Kier alpha value is -1.89. The molecule has 9 aliphatic carbocycles. The van der Waals surface area contributed by atoms with Crippen LogP contribution in [0.3, 0.4) is 0 Å². The molecule has 0 bridgehead atoms. The van der Waals surface area contributed by atoms with Gasteiger partial charge < -0.3 is 20.5 Å². The molecule has 9 aliphatic rings. The van der Waals surface area contributed by atoms with Gasteiger partial charge in [0.1, 0.15) is 12.1 Å². The molecular weight excluding hydrogens is 877 g/mol. The molecule has 0 saturated heterocycles. The Morgan fingerprint density at radius 3 is 2.14 bits per heavy atom. The highest BCUT2D eigenvalue weighted by Gasteiger charge is 2.72. The molecule has 1 amide bonds. The van der Waals surface area contributed by atoms with Gasteiger partial charge in [-0.15, -0.1) is 0 Å². The van der Waals surface area contributed by atoms with E-state index in [-0.39, 0.29) is 50.5 Å². The van der Waals surface area contributed by atoms with Crippen LogP contribution < -0.4 is 10.6 Å². The maximum absolute atomic E-state index is 15.4. The fraction of sp³-hybridized carbons (Fsp3) is 0.922. The SMILES string of the molecule is CC(=O)NC(CCCNC1CC[C@@]2(C)C(CC[C@]3(C)[C@@H]2CC[C@@H]2C4C(C(C)C)CC[C@]4(C(=O)O[C@H]4CC[C@@]5(C)C(=CC[C@H]6[C@@H]7CC[C@H]([C@H](C)CCCC(C)C)[C@@]7(C)CC[C@@H]65)C4)CC[C@]23C)C1(C)C)C(=O)O. The largest absolute Gasteiger partial charge is 0.480 e. The summed E-state index contributed by atoms with van der Waals surface area (Å²) in [7, 11) is 0. The summed E-state index contributed by atoms with van der Waals surface area (Å²) < 4.78 is 7.07. The van der Waals surface area contributed by atoms with Crippen molar-refractivity contribution in [1.29, 1.82) is 0 Å². The Morgan fingerprint density at radius 1 is 0.704 bits per heavy atom.